The molecule has 0 aliphatic rings. The van der Waals surface area contributed by atoms with Crippen molar-refractivity contribution in [2.24, 2.45) is 0 Å². The first-order chi connectivity index (χ1) is 14.6. The van der Waals surface area contributed by atoms with Crippen molar-refractivity contribution in [3.05, 3.63) is 71.1 Å². The van der Waals surface area contributed by atoms with Crippen LogP contribution in [-0.4, -0.2) is 34.4 Å². The first-order valence-corrected chi connectivity index (χ1v) is 10.4. The van der Waals surface area contributed by atoms with E-state index in [1.807, 2.05) is 30.3 Å². The summed E-state index contributed by atoms with van der Waals surface area (Å²) in [5.74, 6) is 0.447. The molecule has 156 valence electrons. The van der Waals surface area contributed by atoms with Gasteiger partial charge in [-0.05, 0) is 29.8 Å². The molecule has 3 aromatic rings. The summed E-state index contributed by atoms with van der Waals surface area (Å²) in [7, 11) is 0. The molecule has 0 fully saturated rings. The van der Waals surface area contributed by atoms with Gasteiger partial charge in [0.2, 0.25) is 11.8 Å². The minimum Gasteiger partial charge on any atom is -0.484 e. The number of benzene rings is 2. The van der Waals surface area contributed by atoms with Gasteiger partial charge in [-0.25, -0.2) is 0 Å². The maximum Gasteiger partial charge on any atom is 0.277 e. The standard InChI is InChI=1S/C20H19ClN4O4S/c21-15-6-8-16(9-7-15)28-12-17(26)23-11-19-24-25-20(29-19)30-13-18(27)22-10-14-4-2-1-3-5-14/h1-9H,10-13H2,(H,22,27)(H,23,26). The van der Waals surface area contributed by atoms with E-state index >= 15 is 0 Å². The number of ether oxygens (including phenoxy) is 1. The lowest BCUT2D eigenvalue weighted by Gasteiger charge is -2.06. The summed E-state index contributed by atoms with van der Waals surface area (Å²) < 4.78 is 10.8. The fraction of sp³-hybridized carbons (Fsp3) is 0.200. The summed E-state index contributed by atoms with van der Waals surface area (Å²) in [6.45, 7) is 0.370. The smallest absolute Gasteiger partial charge is 0.277 e. The highest BCUT2D eigenvalue weighted by atomic mass is 35.5. The molecule has 0 unspecified atom stereocenters. The third-order valence-electron chi connectivity index (χ3n) is 3.73. The van der Waals surface area contributed by atoms with E-state index in [0.29, 0.717) is 17.3 Å². The molecule has 1 aromatic heterocycles. The Morgan fingerprint density at radius 3 is 2.47 bits per heavy atom. The maximum absolute atomic E-state index is 11.9. The Bertz CT molecular complexity index is 966. The minimum atomic E-state index is -0.336. The van der Waals surface area contributed by atoms with Gasteiger partial charge in [-0.3, -0.25) is 9.59 Å². The molecule has 2 amide bonds. The predicted octanol–water partition coefficient (Wildman–Crippen LogP) is 2.83. The van der Waals surface area contributed by atoms with Crippen molar-refractivity contribution in [1.82, 2.24) is 20.8 Å². The summed E-state index contributed by atoms with van der Waals surface area (Å²) in [4.78, 5) is 23.8. The monoisotopic (exact) mass is 446 g/mol. The molecule has 10 heteroatoms. The third-order valence-corrected chi connectivity index (χ3v) is 4.80. The fourth-order valence-corrected chi connectivity index (χ4v) is 2.98. The summed E-state index contributed by atoms with van der Waals surface area (Å²) in [5.41, 5.74) is 1.02. The van der Waals surface area contributed by atoms with E-state index in [9.17, 15) is 9.59 Å². The number of carbonyl (C=O) groups excluding carboxylic acids is 2. The molecule has 8 nitrogen and oxygen atoms in total. The van der Waals surface area contributed by atoms with E-state index in [-0.39, 0.29) is 41.8 Å². The maximum atomic E-state index is 11.9. The van der Waals surface area contributed by atoms with Crippen LogP contribution in [-0.2, 0) is 22.7 Å². The average molecular weight is 447 g/mol. The van der Waals surface area contributed by atoms with Crippen LogP contribution >= 0.6 is 23.4 Å². The van der Waals surface area contributed by atoms with Crippen LogP contribution in [0.25, 0.3) is 0 Å². The van der Waals surface area contributed by atoms with Crippen molar-refractivity contribution in [2.45, 2.75) is 18.3 Å². The second-order valence-corrected chi connectivity index (χ2v) is 7.40. The highest BCUT2D eigenvalue weighted by molar-refractivity contribution is 7.99. The molecule has 2 N–H and O–H groups in total. The van der Waals surface area contributed by atoms with Gasteiger partial charge in [0.1, 0.15) is 5.75 Å². The molecular formula is C20H19ClN4O4S. The van der Waals surface area contributed by atoms with Gasteiger partial charge in [-0.2, -0.15) is 0 Å². The van der Waals surface area contributed by atoms with Crippen LogP contribution in [0.15, 0.2) is 64.2 Å². The van der Waals surface area contributed by atoms with Crippen molar-refractivity contribution in [3.8, 4) is 5.75 Å². The zero-order valence-corrected chi connectivity index (χ0v) is 17.4. The highest BCUT2D eigenvalue weighted by Crippen LogP contribution is 2.16. The minimum absolute atomic E-state index is 0.0660. The summed E-state index contributed by atoms with van der Waals surface area (Å²) in [6, 6.07) is 16.3. The lowest BCUT2D eigenvalue weighted by atomic mass is 10.2. The second kappa shape index (κ2) is 11.2. The van der Waals surface area contributed by atoms with Gasteiger partial charge in [0.25, 0.3) is 11.1 Å². The Balaban J connectivity index is 1.33. The summed E-state index contributed by atoms with van der Waals surface area (Å²) in [6.07, 6.45) is 0. The van der Waals surface area contributed by atoms with Crippen molar-refractivity contribution < 1.29 is 18.7 Å². The number of carbonyl (C=O) groups is 2. The van der Waals surface area contributed by atoms with E-state index in [0.717, 1.165) is 17.3 Å². The van der Waals surface area contributed by atoms with Crippen LogP contribution < -0.4 is 15.4 Å². The molecule has 0 saturated heterocycles. The summed E-state index contributed by atoms with van der Waals surface area (Å²) in [5, 5.41) is 14.0. The molecule has 0 bridgehead atoms. The Kier molecular flexibility index (Phi) is 8.10. The van der Waals surface area contributed by atoms with Gasteiger partial charge in [0, 0.05) is 11.6 Å². The van der Waals surface area contributed by atoms with Crippen LogP contribution in [0.5, 0.6) is 5.75 Å². The Labute approximate surface area is 182 Å². The number of nitrogens with one attached hydrogen (secondary N) is 2. The molecule has 0 spiro atoms. The normalized spacial score (nSPS) is 10.4. The number of hydrogen-bond donors (Lipinski definition) is 2. The number of thioether (sulfide) groups is 1. The molecule has 0 radical (unpaired) electrons. The van der Waals surface area contributed by atoms with Crippen molar-refractivity contribution >= 4 is 35.2 Å². The van der Waals surface area contributed by atoms with E-state index in [1.54, 1.807) is 24.3 Å². The van der Waals surface area contributed by atoms with Crippen molar-refractivity contribution in [1.29, 1.82) is 0 Å². The van der Waals surface area contributed by atoms with E-state index < -0.39 is 0 Å². The van der Waals surface area contributed by atoms with Gasteiger partial charge in [0.15, 0.2) is 6.61 Å². The van der Waals surface area contributed by atoms with Gasteiger partial charge in [0.05, 0.1) is 12.3 Å². The third kappa shape index (κ3) is 7.41. The average Bonchev–Trinajstić information content (AvgIpc) is 3.23. The topological polar surface area (TPSA) is 106 Å². The quantitative estimate of drug-likeness (QED) is 0.461. The SMILES string of the molecule is O=C(COc1ccc(Cl)cc1)NCc1nnc(SCC(=O)NCc2ccccc2)o1. The van der Waals surface area contributed by atoms with Gasteiger partial charge < -0.3 is 19.8 Å². The number of amides is 2. The molecule has 0 saturated carbocycles. The number of rotatable bonds is 10. The fourth-order valence-electron chi connectivity index (χ4n) is 2.25. The van der Waals surface area contributed by atoms with Crippen molar-refractivity contribution in [2.75, 3.05) is 12.4 Å². The Hall–Kier alpha value is -3.04. The zero-order valence-electron chi connectivity index (χ0n) is 15.8. The zero-order chi connectivity index (χ0) is 21.2. The van der Waals surface area contributed by atoms with Gasteiger partial charge in [-0.1, -0.05) is 53.7 Å². The first-order valence-electron chi connectivity index (χ1n) is 8.99. The van der Waals surface area contributed by atoms with Crippen LogP contribution in [0, 0.1) is 0 Å². The van der Waals surface area contributed by atoms with E-state index in [4.69, 9.17) is 20.8 Å². The highest BCUT2D eigenvalue weighted by Gasteiger charge is 2.11. The molecule has 30 heavy (non-hydrogen) atoms. The van der Waals surface area contributed by atoms with E-state index in [2.05, 4.69) is 20.8 Å². The Morgan fingerprint density at radius 1 is 0.967 bits per heavy atom. The number of nitrogens with zero attached hydrogens (tertiary/aromatic N) is 2. The second-order valence-electron chi connectivity index (χ2n) is 6.03. The molecule has 2 aromatic carbocycles. The lowest BCUT2D eigenvalue weighted by Crippen LogP contribution is -2.28. The predicted molar refractivity (Wildman–Crippen MR) is 112 cm³/mol. The number of aromatic nitrogens is 2. The molecule has 0 aliphatic heterocycles. The molecular weight excluding hydrogens is 428 g/mol. The van der Waals surface area contributed by atoms with Crippen LogP contribution in [0.2, 0.25) is 5.02 Å². The van der Waals surface area contributed by atoms with Crippen molar-refractivity contribution in [3.63, 3.8) is 0 Å². The molecule has 0 aliphatic carbocycles. The van der Waals surface area contributed by atoms with Crippen LogP contribution in [0.3, 0.4) is 0 Å². The summed E-state index contributed by atoms with van der Waals surface area (Å²) >= 11 is 6.92. The van der Waals surface area contributed by atoms with Crippen LogP contribution in [0.1, 0.15) is 11.5 Å². The molecule has 1 heterocycles. The van der Waals surface area contributed by atoms with Gasteiger partial charge in [-0.15, -0.1) is 10.2 Å². The first kappa shape index (κ1) is 21.7. The van der Waals surface area contributed by atoms with Gasteiger partial charge >= 0.3 is 0 Å². The number of halogens is 1. The largest absolute Gasteiger partial charge is 0.484 e. The lowest BCUT2D eigenvalue weighted by molar-refractivity contribution is -0.123. The number of hydrogen-bond acceptors (Lipinski definition) is 7. The molecule has 0 atom stereocenters. The molecule has 3 rings (SSSR count). The Morgan fingerprint density at radius 2 is 1.70 bits per heavy atom. The van der Waals surface area contributed by atoms with Crippen LogP contribution in [0.4, 0.5) is 0 Å². The van der Waals surface area contributed by atoms with E-state index in [1.165, 1.54) is 0 Å².